The highest BCUT2D eigenvalue weighted by Crippen LogP contribution is 2.33. The molecule has 0 bridgehead atoms. The molecule has 0 unspecified atom stereocenters. The maximum Gasteiger partial charge on any atom is 0.187 e. The van der Waals surface area contributed by atoms with Gasteiger partial charge in [0, 0.05) is 10.9 Å². The van der Waals surface area contributed by atoms with Crippen LogP contribution in [0.15, 0.2) is 17.5 Å². The lowest BCUT2D eigenvalue weighted by Crippen LogP contribution is -2.29. The zero-order chi connectivity index (χ0) is 13.1. The van der Waals surface area contributed by atoms with Crippen LogP contribution in [0.1, 0.15) is 23.6 Å². The fraction of sp³-hybridized carbons (Fsp3) is 0.417. The first-order valence-corrected chi connectivity index (χ1v) is 8.23. The Labute approximate surface area is 125 Å². The van der Waals surface area contributed by atoms with E-state index < -0.39 is 0 Å². The minimum atomic E-state index is 0.373. The van der Waals surface area contributed by atoms with Crippen LogP contribution in [-0.4, -0.2) is 11.0 Å². The zero-order valence-corrected chi connectivity index (χ0v) is 13.3. The van der Waals surface area contributed by atoms with Crippen LogP contribution in [0.3, 0.4) is 0 Å². The van der Waals surface area contributed by atoms with E-state index in [-0.39, 0.29) is 0 Å². The maximum atomic E-state index is 6.07. The van der Waals surface area contributed by atoms with Crippen LogP contribution in [0, 0.1) is 0 Å². The van der Waals surface area contributed by atoms with E-state index in [1.54, 1.807) is 22.7 Å². The Morgan fingerprint density at radius 2 is 2.22 bits per heavy atom. The average Bonchev–Trinajstić information content (AvgIpc) is 2.94. The van der Waals surface area contributed by atoms with E-state index in [0.717, 1.165) is 16.6 Å². The van der Waals surface area contributed by atoms with E-state index in [1.165, 1.54) is 4.88 Å². The van der Waals surface area contributed by atoms with Gasteiger partial charge in [0.25, 0.3) is 0 Å². The Morgan fingerprint density at radius 1 is 1.44 bits per heavy atom. The van der Waals surface area contributed by atoms with Gasteiger partial charge in [-0.25, -0.2) is 4.98 Å². The van der Waals surface area contributed by atoms with Gasteiger partial charge in [0.2, 0.25) is 0 Å². The summed E-state index contributed by atoms with van der Waals surface area (Å²) in [5, 5.41) is 3.56. The van der Waals surface area contributed by atoms with Crippen LogP contribution in [0.4, 0.5) is 5.13 Å². The summed E-state index contributed by atoms with van der Waals surface area (Å²) < 4.78 is 0. The van der Waals surface area contributed by atoms with E-state index in [4.69, 9.17) is 23.2 Å². The molecule has 2 rings (SSSR count). The number of hydrogen-bond acceptors (Lipinski definition) is 4. The number of thiazole rings is 1. The summed E-state index contributed by atoms with van der Waals surface area (Å²) >= 11 is 15.2. The van der Waals surface area contributed by atoms with Crippen LogP contribution in [-0.2, 0) is 12.4 Å². The quantitative estimate of drug-likeness (QED) is 0.720. The van der Waals surface area contributed by atoms with Crippen molar-refractivity contribution in [3.8, 4) is 0 Å². The van der Waals surface area contributed by atoms with Crippen molar-refractivity contribution in [3.05, 3.63) is 32.4 Å². The van der Waals surface area contributed by atoms with Gasteiger partial charge in [0.15, 0.2) is 5.13 Å². The third kappa shape index (κ3) is 3.18. The highest BCUT2D eigenvalue weighted by atomic mass is 35.5. The topological polar surface area (TPSA) is 16.1 Å². The smallest absolute Gasteiger partial charge is 0.187 e. The molecular formula is C12H14Cl2N2S2. The summed E-state index contributed by atoms with van der Waals surface area (Å²) in [6.07, 6.45) is 0. The summed E-state index contributed by atoms with van der Waals surface area (Å²) in [7, 11) is 0. The van der Waals surface area contributed by atoms with Gasteiger partial charge >= 0.3 is 0 Å². The van der Waals surface area contributed by atoms with Crippen molar-refractivity contribution in [1.82, 2.24) is 4.98 Å². The lowest BCUT2D eigenvalue weighted by molar-refractivity contribution is 0.685. The van der Waals surface area contributed by atoms with Crippen molar-refractivity contribution in [1.29, 1.82) is 0 Å². The molecule has 98 valence electrons. The molecule has 2 heterocycles. The monoisotopic (exact) mass is 320 g/mol. The largest absolute Gasteiger partial charge is 0.340 e. The van der Waals surface area contributed by atoms with Gasteiger partial charge in [0.1, 0.15) is 5.15 Å². The lowest BCUT2D eigenvalue weighted by atomic mass is 10.3. The van der Waals surface area contributed by atoms with Gasteiger partial charge in [-0.05, 0) is 25.3 Å². The minimum absolute atomic E-state index is 0.373. The van der Waals surface area contributed by atoms with Gasteiger partial charge in [-0.15, -0.1) is 22.9 Å². The molecule has 0 aliphatic rings. The molecule has 0 aliphatic heterocycles. The standard InChI is InChI=1S/C12H14Cl2N2S2/c1-8(2)16(7-9-4-3-5-17-9)12-15-11(14)10(6-13)18-12/h3-5,8H,6-7H2,1-2H3. The third-order valence-electron chi connectivity index (χ3n) is 2.54. The van der Waals surface area contributed by atoms with Crippen molar-refractivity contribution in [2.75, 3.05) is 4.90 Å². The molecule has 0 aromatic carbocycles. The Hall–Kier alpha value is -0.290. The van der Waals surface area contributed by atoms with Crippen LogP contribution < -0.4 is 4.90 Å². The van der Waals surface area contributed by atoms with Crippen molar-refractivity contribution in [3.63, 3.8) is 0 Å². The van der Waals surface area contributed by atoms with Gasteiger partial charge in [0.05, 0.1) is 17.3 Å². The second-order valence-corrected chi connectivity index (χ2v) is 6.86. The van der Waals surface area contributed by atoms with Gasteiger partial charge in [-0.1, -0.05) is 29.0 Å². The van der Waals surface area contributed by atoms with E-state index in [0.29, 0.717) is 17.1 Å². The molecule has 0 atom stereocenters. The molecule has 0 N–H and O–H groups in total. The number of anilines is 1. The summed E-state index contributed by atoms with van der Waals surface area (Å²) in [6.45, 7) is 5.17. The second-order valence-electron chi connectivity index (χ2n) is 4.15. The van der Waals surface area contributed by atoms with Crippen LogP contribution in [0.25, 0.3) is 0 Å². The highest BCUT2D eigenvalue weighted by molar-refractivity contribution is 7.16. The fourth-order valence-electron chi connectivity index (χ4n) is 1.57. The molecule has 0 fully saturated rings. The van der Waals surface area contributed by atoms with E-state index in [9.17, 15) is 0 Å². The van der Waals surface area contributed by atoms with Crippen LogP contribution in [0.2, 0.25) is 5.15 Å². The molecule has 0 radical (unpaired) electrons. The molecule has 0 saturated heterocycles. The van der Waals surface area contributed by atoms with E-state index >= 15 is 0 Å². The number of halogens is 2. The molecule has 6 heteroatoms. The summed E-state index contributed by atoms with van der Waals surface area (Å²) in [6, 6.07) is 4.58. The Bertz CT molecular complexity index is 494. The average molecular weight is 321 g/mol. The number of alkyl halides is 1. The summed E-state index contributed by atoms with van der Waals surface area (Å²) in [4.78, 5) is 8.92. The first kappa shape index (κ1) is 14.1. The van der Waals surface area contributed by atoms with Crippen LogP contribution in [0.5, 0.6) is 0 Å². The third-order valence-corrected chi connectivity index (χ3v) is 5.34. The highest BCUT2D eigenvalue weighted by Gasteiger charge is 2.18. The minimum Gasteiger partial charge on any atom is -0.340 e. The molecule has 0 aliphatic carbocycles. The molecule has 2 aromatic heterocycles. The van der Waals surface area contributed by atoms with Gasteiger partial charge in [-0.2, -0.15) is 0 Å². The molecule has 0 amide bonds. The Morgan fingerprint density at radius 3 is 2.72 bits per heavy atom. The number of aromatic nitrogens is 1. The molecular weight excluding hydrogens is 307 g/mol. The first-order valence-electron chi connectivity index (χ1n) is 5.62. The number of rotatable bonds is 5. The molecule has 2 nitrogen and oxygen atoms in total. The van der Waals surface area contributed by atoms with E-state index in [2.05, 4.69) is 41.2 Å². The van der Waals surface area contributed by atoms with Gasteiger partial charge < -0.3 is 4.90 Å². The summed E-state index contributed by atoms with van der Waals surface area (Å²) in [5.74, 6) is 0.418. The molecule has 2 aromatic rings. The lowest BCUT2D eigenvalue weighted by Gasteiger charge is -2.25. The SMILES string of the molecule is CC(C)N(Cc1cccs1)c1nc(Cl)c(CCl)s1. The van der Waals surface area contributed by atoms with Crippen molar-refractivity contribution >= 4 is 51.0 Å². The molecule has 0 spiro atoms. The fourth-order valence-corrected chi connectivity index (χ4v) is 3.88. The van der Waals surface area contributed by atoms with Crippen LogP contribution >= 0.6 is 45.9 Å². The molecule has 0 saturated carbocycles. The maximum absolute atomic E-state index is 6.07. The predicted octanol–water partition coefficient (Wildman–Crippen LogP) is 5.01. The normalized spacial score (nSPS) is 11.2. The Balaban J connectivity index is 2.23. The summed E-state index contributed by atoms with van der Waals surface area (Å²) in [5.41, 5.74) is 0. The van der Waals surface area contributed by atoms with Crippen molar-refractivity contribution in [2.24, 2.45) is 0 Å². The van der Waals surface area contributed by atoms with Crippen molar-refractivity contribution < 1.29 is 0 Å². The number of thiophene rings is 1. The van der Waals surface area contributed by atoms with Gasteiger partial charge in [-0.3, -0.25) is 0 Å². The van der Waals surface area contributed by atoms with E-state index in [1.807, 2.05) is 0 Å². The predicted molar refractivity (Wildman–Crippen MR) is 82.3 cm³/mol. The molecule has 18 heavy (non-hydrogen) atoms. The van der Waals surface area contributed by atoms with Crippen molar-refractivity contribution in [2.45, 2.75) is 32.3 Å². The number of nitrogens with zero attached hydrogens (tertiary/aromatic N) is 2. The second kappa shape index (κ2) is 6.24. The first-order chi connectivity index (χ1) is 8.61. The zero-order valence-electron chi connectivity index (χ0n) is 10.2. The Kier molecular flexibility index (Phi) is 4.90. The number of hydrogen-bond donors (Lipinski definition) is 0.